The van der Waals surface area contributed by atoms with Crippen LogP contribution in [0.5, 0.6) is 0 Å². The summed E-state index contributed by atoms with van der Waals surface area (Å²) in [5.74, 6) is -1.60. The normalized spacial score (nSPS) is 20.5. The molecule has 2 saturated heterocycles. The third kappa shape index (κ3) is 5.33. The van der Waals surface area contributed by atoms with Gasteiger partial charge in [0.1, 0.15) is 5.82 Å². The molecule has 30 heavy (non-hydrogen) atoms. The first-order valence-electron chi connectivity index (χ1n) is 9.71. The molecule has 9 nitrogen and oxygen atoms in total. The molecule has 0 bridgehead atoms. The first-order chi connectivity index (χ1) is 14.1. The van der Waals surface area contributed by atoms with Gasteiger partial charge in [0.05, 0.1) is 12.2 Å². The number of carbonyl (C=O) groups excluding carboxylic acids is 3. The SMILES string of the molecule is CS(=O)(=O)N1CCN(C(=O)CCNC(=O)[C@H]2CC(=O)N(c3ccc(F)cc3)C2)CC1. The predicted octanol–water partition coefficient (Wildman–Crippen LogP) is -0.211. The minimum absolute atomic E-state index is 0.0601. The van der Waals surface area contributed by atoms with Crippen LogP contribution in [0.2, 0.25) is 0 Å². The van der Waals surface area contributed by atoms with Crippen molar-refractivity contribution >= 4 is 33.4 Å². The van der Waals surface area contributed by atoms with Gasteiger partial charge in [-0.3, -0.25) is 14.4 Å². The number of halogens is 1. The Kier molecular flexibility index (Phi) is 6.71. The van der Waals surface area contributed by atoms with E-state index in [4.69, 9.17) is 0 Å². The van der Waals surface area contributed by atoms with E-state index >= 15 is 0 Å². The van der Waals surface area contributed by atoms with Crippen LogP contribution in [-0.4, -0.2) is 80.9 Å². The van der Waals surface area contributed by atoms with Crippen LogP contribution in [0.25, 0.3) is 0 Å². The van der Waals surface area contributed by atoms with Gasteiger partial charge in [0.15, 0.2) is 0 Å². The molecule has 0 unspecified atom stereocenters. The highest BCUT2D eigenvalue weighted by Gasteiger charge is 2.35. The number of rotatable bonds is 6. The van der Waals surface area contributed by atoms with Crippen LogP contribution < -0.4 is 10.2 Å². The zero-order valence-corrected chi connectivity index (χ0v) is 17.5. The Morgan fingerprint density at radius 1 is 1.13 bits per heavy atom. The molecule has 2 heterocycles. The van der Waals surface area contributed by atoms with Gasteiger partial charge in [0.25, 0.3) is 0 Å². The molecule has 2 aliphatic heterocycles. The molecule has 0 spiro atoms. The number of benzene rings is 1. The van der Waals surface area contributed by atoms with Gasteiger partial charge in [-0.05, 0) is 24.3 Å². The van der Waals surface area contributed by atoms with E-state index < -0.39 is 21.8 Å². The molecule has 2 aliphatic rings. The smallest absolute Gasteiger partial charge is 0.227 e. The molecule has 3 rings (SSSR count). The second-order valence-corrected chi connectivity index (χ2v) is 9.45. The van der Waals surface area contributed by atoms with Gasteiger partial charge in [-0.2, -0.15) is 4.31 Å². The number of piperazine rings is 1. The van der Waals surface area contributed by atoms with Crippen molar-refractivity contribution in [3.8, 4) is 0 Å². The minimum atomic E-state index is -3.26. The Morgan fingerprint density at radius 3 is 2.37 bits per heavy atom. The summed E-state index contributed by atoms with van der Waals surface area (Å²) in [5, 5.41) is 2.70. The molecule has 1 aromatic rings. The fourth-order valence-corrected chi connectivity index (χ4v) is 4.44. The molecule has 1 atom stereocenters. The van der Waals surface area contributed by atoms with Crippen molar-refractivity contribution in [3.05, 3.63) is 30.1 Å². The molecule has 3 amide bonds. The molecule has 1 aromatic carbocycles. The van der Waals surface area contributed by atoms with Crippen LogP contribution in [0, 0.1) is 11.7 Å². The second kappa shape index (κ2) is 9.09. The number of hydrogen-bond acceptors (Lipinski definition) is 5. The van der Waals surface area contributed by atoms with Crippen molar-refractivity contribution in [1.82, 2.24) is 14.5 Å². The van der Waals surface area contributed by atoms with E-state index in [0.29, 0.717) is 18.8 Å². The average Bonchev–Trinajstić information content (AvgIpc) is 3.09. The largest absolute Gasteiger partial charge is 0.355 e. The van der Waals surface area contributed by atoms with Crippen molar-refractivity contribution in [2.75, 3.05) is 50.4 Å². The lowest BCUT2D eigenvalue weighted by atomic mass is 10.1. The Morgan fingerprint density at radius 2 is 1.77 bits per heavy atom. The summed E-state index contributed by atoms with van der Waals surface area (Å²) >= 11 is 0. The lowest BCUT2D eigenvalue weighted by molar-refractivity contribution is -0.132. The number of hydrogen-bond donors (Lipinski definition) is 1. The fraction of sp³-hybridized carbons (Fsp3) is 0.526. The summed E-state index contributed by atoms with van der Waals surface area (Å²) in [6, 6.07) is 5.51. The van der Waals surface area contributed by atoms with E-state index in [1.807, 2.05) is 0 Å². The quantitative estimate of drug-likeness (QED) is 0.659. The zero-order valence-electron chi connectivity index (χ0n) is 16.7. The lowest BCUT2D eigenvalue weighted by Crippen LogP contribution is -2.50. The average molecular weight is 440 g/mol. The van der Waals surface area contributed by atoms with Crippen molar-refractivity contribution in [2.24, 2.45) is 5.92 Å². The third-order valence-corrected chi connectivity index (χ3v) is 6.64. The van der Waals surface area contributed by atoms with Gasteiger partial charge < -0.3 is 15.1 Å². The summed E-state index contributed by atoms with van der Waals surface area (Å²) in [4.78, 5) is 39.9. The van der Waals surface area contributed by atoms with Crippen LogP contribution in [0.15, 0.2) is 24.3 Å². The van der Waals surface area contributed by atoms with Crippen LogP contribution in [-0.2, 0) is 24.4 Å². The fourth-order valence-electron chi connectivity index (χ4n) is 3.62. The van der Waals surface area contributed by atoms with Crippen molar-refractivity contribution < 1.29 is 27.2 Å². The molecule has 1 N–H and O–H groups in total. The standard InChI is InChI=1S/C19H25FN4O5S/c1-30(28,29)23-10-8-22(9-11-23)17(25)6-7-21-19(27)14-12-18(26)24(13-14)16-4-2-15(20)3-5-16/h2-5,14H,6-13H2,1H3,(H,21,27)/t14-/m0/s1. The number of nitrogens with zero attached hydrogens (tertiary/aromatic N) is 3. The molecular weight excluding hydrogens is 415 g/mol. The van der Waals surface area contributed by atoms with Gasteiger partial charge in [-0.15, -0.1) is 0 Å². The maximum absolute atomic E-state index is 13.1. The lowest BCUT2D eigenvalue weighted by Gasteiger charge is -2.33. The summed E-state index contributed by atoms with van der Waals surface area (Å²) in [6.07, 6.45) is 1.31. The summed E-state index contributed by atoms with van der Waals surface area (Å²) < 4.78 is 37.4. The van der Waals surface area contributed by atoms with Crippen LogP contribution in [0.4, 0.5) is 10.1 Å². The number of sulfonamides is 1. The van der Waals surface area contributed by atoms with E-state index in [1.165, 1.54) is 33.5 Å². The van der Waals surface area contributed by atoms with Gasteiger partial charge in [-0.1, -0.05) is 0 Å². The topological polar surface area (TPSA) is 107 Å². The molecule has 0 aliphatic carbocycles. The number of amides is 3. The molecule has 11 heteroatoms. The zero-order chi connectivity index (χ0) is 21.9. The number of anilines is 1. The van der Waals surface area contributed by atoms with Gasteiger partial charge in [0, 0.05) is 57.8 Å². The monoisotopic (exact) mass is 440 g/mol. The Balaban J connectivity index is 1.42. The van der Waals surface area contributed by atoms with E-state index in [1.54, 1.807) is 4.90 Å². The van der Waals surface area contributed by atoms with Crippen molar-refractivity contribution in [3.63, 3.8) is 0 Å². The number of nitrogens with one attached hydrogen (secondary N) is 1. The van der Waals surface area contributed by atoms with Crippen LogP contribution >= 0.6 is 0 Å². The first-order valence-corrected chi connectivity index (χ1v) is 11.6. The minimum Gasteiger partial charge on any atom is -0.355 e. The molecule has 0 aromatic heterocycles. The van der Waals surface area contributed by atoms with Crippen LogP contribution in [0.3, 0.4) is 0 Å². The van der Waals surface area contributed by atoms with Gasteiger partial charge in [0.2, 0.25) is 27.7 Å². The van der Waals surface area contributed by atoms with E-state index in [0.717, 1.165) is 6.26 Å². The summed E-state index contributed by atoms with van der Waals surface area (Å²) in [5.41, 5.74) is 0.542. The van der Waals surface area contributed by atoms with Crippen molar-refractivity contribution in [2.45, 2.75) is 12.8 Å². The molecular formula is C19H25FN4O5S. The van der Waals surface area contributed by atoms with Crippen molar-refractivity contribution in [1.29, 1.82) is 0 Å². The Bertz CT molecular complexity index is 913. The van der Waals surface area contributed by atoms with E-state index in [9.17, 15) is 27.2 Å². The molecule has 0 saturated carbocycles. The highest BCUT2D eigenvalue weighted by Crippen LogP contribution is 2.25. The first kappa shape index (κ1) is 22.2. The number of carbonyl (C=O) groups is 3. The highest BCUT2D eigenvalue weighted by molar-refractivity contribution is 7.88. The summed E-state index contributed by atoms with van der Waals surface area (Å²) in [6.45, 7) is 1.52. The summed E-state index contributed by atoms with van der Waals surface area (Å²) in [7, 11) is -3.26. The Hall–Kier alpha value is -2.53. The predicted molar refractivity (Wildman–Crippen MR) is 107 cm³/mol. The highest BCUT2D eigenvalue weighted by atomic mass is 32.2. The van der Waals surface area contributed by atoms with Gasteiger partial charge in [-0.25, -0.2) is 12.8 Å². The van der Waals surface area contributed by atoms with Gasteiger partial charge >= 0.3 is 0 Å². The second-order valence-electron chi connectivity index (χ2n) is 7.47. The van der Waals surface area contributed by atoms with E-state index in [2.05, 4.69) is 5.32 Å². The Labute approximate surface area is 174 Å². The molecule has 0 radical (unpaired) electrons. The maximum atomic E-state index is 13.1. The third-order valence-electron chi connectivity index (χ3n) is 5.33. The molecule has 164 valence electrons. The van der Waals surface area contributed by atoms with E-state index in [-0.39, 0.29) is 56.7 Å². The molecule has 2 fully saturated rings. The maximum Gasteiger partial charge on any atom is 0.227 e. The van der Waals surface area contributed by atoms with Crippen LogP contribution in [0.1, 0.15) is 12.8 Å².